The average Bonchev–Trinajstić information content (AvgIpc) is 2.66. The highest BCUT2D eigenvalue weighted by atomic mass is 19.4. The van der Waals surface area contributed by atoms with Crippen molar-refractivity contribution in [3.05, 3.63) is 107 Å². The van der Waals surface area contributed by atoms with Crippen molar-refractivity contribution in [3.63, 3.8) is 0 Å². The van der Waals surface area contributed by atoms with Gasteiger partial charge < -0.3 is 0 Å². The van der Waals surface area contributed by atoms with Gasteiger partial charge in [-0.25, -0.2) is 0 Å². The SMILES string of the molecule is FC(F)(F)c1cc(C#Cc2ccccc2)ccc1C#Cc1ccccc1. The molecule has 3 heteroatoms. The summed E-state index contributed by atoms with van der Waals surface area (Å²) < 4.78 is 40.2. The first-order valence-corrected chi connectivity index (χ1v) is 7.88. The number of alkyl halides is 3. The number of hydrogen-bond acceptors (Lipinski definition) is 0. The van der Waals surface area contributed by atoms with E-state index in [0.29, 0.717) is 11.1 Å². The summed E-state index contributed by atoms with van der Waals surface area (Å²) in [4.78, 5) is 0. The van der Waals surface area contributed by atoms with Gasteiger partial charge in [0.05, 0.1) is 5.56 Å². The number of hydrogen-bond donors (Lipinski definition) is 0. The van der Waals surface area contributed by atoms with Crippen LogP contribution in [0.5, 0.6) is 0 Å². The third-order valence-corrected chi connectivity index (χ3v) is 3.57. The van der Waals surface area contributed by atoms with E-state index in [9.17, 15) is 13.2 Å². The molecule has 0 nitrogen and oxygen atoms in total. The number of rotatable bonds is 0. The Hall–Kier alpha value is -3.43. The second-order valence-electron chi connectivity index (χ2n) is 5.49. The molecule has 0 unspecified atom stereocenters. The summed E-state index contributed by atoms with van der Waals surface area (Å²) in [6.07, 6.45) is -4.49. The van der Waals surface area contributed by atoms with Gasteiger partial charge in [-0.2, -0.15) is 13.2 Å². The summed E-state index contributed by atoms with van der Waals surface area (Å²) in [5, 5.41) is 0. The standard InChI is InChI=1S/C23H13F3/c24-23(25,26)22-17-20(12-11-18-7-3-1-4-8-18)14-16-21(22)15-13-19-9-5-2-6-10-19/h1-10,14,16-17H. The van der Waals surface area contributed by atoms with Crippen LogP contribution in [0.25, 0.3) is 0 Å². The number of halogens is 3. The van der Waals surface area contributed by atoms with Gasteiger partial charge in [-0.05, 0) is 42.5 Å². The largest absolute Gasteiger partial charge is 0.417 e. The molecule has 0 aromatic heterocycles. The molecule has 0 aliphatic rings. The molecule has 3 aromatic rings. The highest BCUT2D eigenvalue weighted by Crippen LogP contribution is 2.32. The molecule has 0 aliphatic carbocycles. The minimum Gasteiger partial charge on any atom is -0.166 e. The maximum atomic E-state index is 13.4. The van der Waals surface area contributed by atoms with Crippen LogP contribution in [0.4, 0.5) is 13.2 Å². The van der Waals surface area contributed by atoms with Gasteiger partial charge in [0.15, 0.2) is 0 Å². The first-order valence-electron chi connectivity index (χ1n) is 7.88. The zero-order valence-corrected chi connectivity index (χ0v) is 13.6. The molecule has 3 rings (SSSR count). The minimum absolute atomic E-state index is 0.0633. The van der Waals surface area contributed by atoms with Crippen molar-refractivity contribution in [1.29, 1.82) is 0 Å². The molecule has 0 amide bonds. The van der Waals surface area contributed by atoms with Crippen LogP contribution in [0, 0.1) is 23.7 Å². The molecule has 0 heterocycles. The highest BCUT2D eigenvalue weighted by molar-refractivity contribution is 5.52. The molecule has 0 saturated carbocycles. The Bertz CT molecular complexity index is 1010. The van der Waals surface area contributed by atoms with Gasteiger partial charge in [-0.15, -0.1) is 0 Å². The first kappa shape index (κ1) is 17.4. The third-order valence-electron chi connectivity index (χ3n) is 3.57. The Morgan fingerprint density at radius 2 is 1.04 bits per heavy atom. The second-order valence-corrected chi connectivity index (χ2v) is 5.49. The maximum Gasteiger partial charge on any atom is 0.417 e. The lowest BCUT2D eigenvalue weighted by Crippen LogP contribution is -2.08. The minimum atomic E-state index is -4.49. The van der Waals surface area contributed by atoms with E-state index >= 15 is 0 Å². The number of benzene rings is 3. The van der Waals surface area contributed by atoms with Crippen molar-refractivity contribution in [2.75, 3.05) is 0 Å². The monoisotopic (exact) mass is 346 g/mol. The molecule has 0 bridgehead atoms. The van der Waals surface area contributed by atoms with Crippen LogP contribution in [0.1, 0.15) is 27.8 Å². The molecule has 0 fully saturated rings. The van der Waals surface area contributed by atoms with E-state index < -0.39 is 11.7 Å². The average molecular weight is 346 g/mol. The van der Waals surface area contributed by atoms with Crippen molar-refractivity contribution in [1.82, 2.24) is 0 Å². The van der Waals surface area contributed by atoms with Crippen LogP contribution in [0.2, 0.25) is 0 Å². The zero-order chi connectivity index (χ0) is 18.4. The van der Waals surface area contributed by atoms with E-state index in [1.165, 1.54) is 6.07 Å². The topological polar surface area (TPSA) is 0 Å². The molecule has 0 N–H and O–H groups in total. The molecule has 0 radical (unpaired) electrons. The van der Waals surface area contributed by atoms with E-state index in [1.807, 2.05) is 24.3 Å². The Kier molecular flexibility index (Phi) is 5.11. The fourth-order valence-electron chi connectivity index (χ4n) is 2.29. The van der Waals surface area contributed by atoms with Crippen molar-refractivity contribution in [2.45, 2.75) is 6.18 Å². The lowest BCUT2D eigenvalue weighted by Gasteiger charge is -2.09. The van der Waals surface area contributed by atoms with Crippen molar-refractivity contribution in [3.8, 4) is 23.7 Å². The fraction of sp³-hybridized carbons (Fsp3) is 0.0435. The van der Waals surface area contributed by atoms with E-state index in [4.69, 9.17) is 0 Å². The van der Waals surface area contributed by atoms with E-state index in [1.54, 1.807) is 42.5 Å². The van der Waals surface area contributed by atoms with Crippen LogP contribution in [0.15, 0.2) is 78.9 Å². The van der Waals surface area contributed by atoms with Crippen molar-refractivity contribution >= 4 is 0 Å². The molecule has 26 heavy (non-hydrogen) atoms. The van der Waals surface area contributed by atoms with E-state index in [0.717, 1.165) is 11.6 Å². The van der Waals surface area contributed by atoms with Crippen LogP contribution >= 0.6 is 0 Å². The molecule has 126 valence electrons. The molecule has 3 aromatic carbocycles. The summed E-state index contributed by atoms with van der Waals surface area (Å²) >= 11 is 0. The quantitative estimate of drug-likeness (QED) is 0.471. The van der Waals surface area contributed by atoms with Crippen molar-refractivity contribution < 1.29 is 13.2 Å². The molecule has 0 spiro atoms. The summed E-state index contributed by atoms with van der Waals surface area (Å²) in [6, 6.07) is 22.0. The van der Waals surface area contributed by atoms with Crippen LogP contribution in [0.3, 0.4) is 0 Å². The van der Waals surface area contributed by atoms with E-state index in [-0.39, 0.29) is 5.56 Å². The summed E-state index contributed by atoms with van der Waals surface area (Å²) in [7, 11) is 0. The molecule has 0 aliphatic heterocycles. The van der Waals surface area contributed by atoms with Gasteiger partial charge in [-0.1, -0.05) is 60.1 Å². The van der Waals surface area contributed by atoms with Crippen molar-refractivity contribution in [2.24, 2.45) is 0 Å². The van der Waals surface area contributed by atoms with Gasteiger partial charge in [-0.3, -0.25) is 0 Å². The summed E-state index contributed by atoms with van der Waals surface area (Å²) in [5.41, 5.74) is 0.862. The predicted molar refractivity (Wildman–Crippen MR) is 96.3 cm³/mol. The summed E-state index contributed by atoms with van der Waals surface area (Å²) in [5.74, 6) is 11.0. The highest BCUT2D eigenvalue weighted by Gasteiger charge is 2.33. The van der Waals surface area contributed by atoms with Gasteiger partial charge in [0.1, 0.15) is 0 Å². The fourth-order valence-corrected chi connectivity index (χ4v) is 2.29. The van der Waals surface area contributed by atoms with Gasteiger partial charge >= 0.3 is 6.18 Å². The molecule has 0 atom stereocenters. The normalized spacial score (nSPS) is 10.3. The Balaban J connectivity index is 1.97. The second kappa shape index (κ2) is 7.64. The molecular weight excluding hydrogens is 333 g/mol. The zero-order valence-electron chi connectivity index (χ0n) is 13.6. The first-order chi connectivity index (χ1) is 12.5. The maximum absolute atomic E-state index is 13.4. The van der Waals surface area contributed by atoms with Crippen LogP contribution in [-0.4, -0.2) is 0 Å². The molecular formula is C23H13F3. The third kappa shape index (κ3) is 4.56. The Morgan fingerprint density at radius 3 is 1.58 bits per heavy atom. The summed E-state index contributed by atoms with van der Waals surface area (Å²) in [6.45, 7) is 0. The Labute approximate surface area is 150 Å². The predicted octanol–water partition coefficient (Wildman–Crippen LogP) is 5.51. The Morgan fingerprint density at radius 1 is 0.538 bits per heavy atom. The van der Waals surface area contributed by atoms with Gasteiger partial charge in [0.2, 0.25) is 0 Å². The smallest absolute Gasteiger partial charge is 0.166 e. The lowest BCUT2D eigenvalue weighted by molar-refractivity contribution is -0.137. The van der Waals surface area contributed by atoms with Crippen LogP contribution in [-0.2, 0) is 6.18 Å². The lowest BCUT2D eigenvalue weighted by atomic mass is 10.0. The molecule has 0 saturated heterocycles. The van der Waals surface area contributed by atoms with Crippen LogP contribution < -0.4 is 0 Å². The van der Waals surface area contributed by atoms with Gasteiger partial charge in [0.25, 0.3) is 0 Å². The van der Waals surface area contributed by atoms with E-state index in [2.05, 4.69) is 23.7 Å². The van der Waals surface area contributed by atoms with Gasteiger partial charge in [0, 0.05) is 22.3 Å².